The molecule has 1 aromatic rings. The van der Waals surface area contributed by atoms with Crippen LogP contribution in [0.15, 0.2) is 41.7 Å². The predicted octanol–water partition coefficient (Wildman–Crippen LogP) is 5.63. The molecule has 29 heavy (non-hydrogen) atoms. The van der Waals surface area contributed by atoms with Crippen molar-refractivity contribution in [1.82, 2.24) is 0 Å². The van der Waals surface area contributed by atoms with Crippen LogP contribution < -0.4 is 0 Å². The Kier molecular flexibility index (Phi) is 4.49. The maximum atomic E-state index is 12.8. The van der Waals surface area contributed by atoms with Gasteiger partial charge in [-0.25, -0.2) is 0 Å². The molecule has 0 aromatic heterocycles. The van der Waals surface area contributed by atoms with E-state index < -0.39 is 0 Å². The number of fused-ring (bicyclic) bond motifs is 5. The van der Waals surface area contributed by atoms with Crippen molar-refractivity contribution in [1.29, 1.82) is 0 Å². The van der Waals surface area contributed by atoms with E-state index in [-0.39, 0.29) is 16.6 Å². The number of ketones is 2. The fraction of sp³-hybridized carbons (Fsp3) is 0.615. The Morgan fingerprint density at radius 2 is 1.66 bits per heavy atom. The molecule has 0 saturated heterocycles. The van der Waals surface area contributed by atoms with Crippen LogP contribution in [0.1, 0.15) is 70.8 Å². The number of hydrogen-bond donors (Lipinski definition) is 0. The number of carbonyl (C=O) groups is 2. The normalized spacial score (nSPS) is 39.0. The van der Waals surface area contributed by atoms with Crippen LogP contribution in [-0.4, -0.2) is 11.6 Å². The SMILES string of the molecule is CC12CCC3C(CCC4=C(OCc5ccccc5)C(=O)CCC43C)C1CCC2=O. The van der Waals surface area contributed by atoms with Crippen LogP contribution in [0.3, 0.4) is 0 Å². The van der Waals surface area contributed by atoms with Crippen LogP contribution in [-0.2, 0) is 20.9 Å². The van der Waals surface area contributed by atoms with Gasteiger partial charge in [-0.3, -0.25) is 9.59 Å². The fourth-order valence-electron chi connectivity index (χ4n) is 7.33. The number of hydrogen-bond acceptors (Lipinski definition) is 3. The zero-order valence-electron chi connectivity index (χ0n) is 17.7. The molecular formula is C26H32O3. The molecule has 0 radical (unpaired) electrons. The van der Waals surface area contributed by atoms with E-state index in [0.29, 0.717) is 42.3 Å². The number of Topliss-reactive ketones (excluding diaryl/α,β-unsaturated/α-hetero) is 2. The largest absolute Gasteiger partial charge is 0.485 e. The third-order valence-electron chi connectivity index (χ3n) is 9.01. The molecule has 4 aliphatic rings. The first-order valence-corrected chi connectivity index (χ1v) is 11.4. The molecule has 4 aliphatic carbocycles. The van der Waals surface area contributed by atoms with E-state index in [2.05, 4.69) is 13.8 Å². The summed E-state index contributed by atoms with van der Waals surface area (Å²) in [7, 11) is 0. The summed E-state index contributed by atoms with van der Waals surface area (Å²) in [6.07, 6.45) is 7.57. The average Bonchev–Trinajstić information content (AvgIpc) is 3.03. The molecule has 0 N–H and O–H groups in total. The van der Waals surface area contributed by atoms with Gasteiger partial charge >= 0.3 is 0 Å². The summed E-state index contributed by atoms with van der Waals surface area (Å²) < 4.78 is 6.20. The lowest BCUT2D eigenvalue weighted by atomic mass is 9.47. The maximum Gasteiger partial charge on any atom is 0.197 e. The number of ether oxygens (including phenoxy) is 1. The highest BCUT2D eigenvalue weighted by molar-refractivity contribution is 5.95. The zero-order valence-corrected chi connectivity index (χ0v) is 17.7. The summed E-state index contributed by atoms with van der Waals surface area (Å²) in [6, 6.07) is 10.1. The van der Waals surface area contributed by atoms with Gasteiger partial charge in [-0.2, -0.15) is 0 Å². The lowest BCUT2D eigenvalue weighted by Crippen LogP contribution is -2.51. The van der Waals surface area contributed by atoms with Crippen molar-refractivity contribution >= 4 is 11.6 Å². The molecule has 3 heteroatoms. The van der Waals surface area contributed by atoms with Crippen molar-refractivity contribution < 1.29 is 14.3 Å². The second kappa shape index (κ2) is 6.82. The predicted molar refractivity (Wildman–Crippen MR) is 112 cm³/mol. The Morgan fingerprint density at radius 1 is 0.897 bits per heavy atom. The molecule has 3 fully saturated rings. The highest BCUT2D eigenvalue weighted by Gasteiger charge is 2.59. The molecule has 5 unspecified atom stereocenters. The molecule has 3 saturated carbocycles. The first-order chi connectivity index (χ1) is 13.9. The van der Waals surface area contributed by atoms with E-state index in [9.17, 15) is 9.59 Å². The minimum absolute atomic E-state index is 0.0514. The second-order valence-electron chi connectivity index (χ2n) is 10.3. The molecule has 3 nitrogen and oxygen atoms in total. The molecule has 5 rings (SSSR count). The Bertz CT molecular complexity index is 869. The first-order valence-electron chi connectivity index (χ1n) is 11.4. The summed E-state index contributed by atoms with van der Waals surface area (Å²) in [6.45, 7) is 5.08. The monoisotopic (exact) mass is 392 g/mol. The smallest absolute Gasteiger partial charge is 0.197 e. The molecule has 0 bridgehead atoms. The minimum atomic E-state index is -0.0874. The fourth-order valence-corrected chi connectivity index (χ4v) is 7.33. The van der Waals surface area contributed by atoms with E-state index in [1.807, 2.05) is 30.3 Å². The standard InChI is InChI=1S/C26H32O3/c1-25-15-13-22(27)24(29-16-17-6-4-3-5-7-17)21(25)9-8-18-19-10-11-23(28)26(19,2)14-12-20(18)25/h3-7,18-20H,8-16H2,1-2H3. The van der Waals surface area contributed by atoms with Gasteiger partial charge in [-0.15, -0.1) is 0 Å². The first kappa shape index (κ1) is 19.1. The van der Waals surface area contributed by atoms with Crippen LogP contribution in [0.5, 0.6) is 0 Å². The van der Waals surface area contributed by atoms with Crippen molar-refractivity contribution in [3.05, 3.63) is 47.2 Å². The van der Waals surface area contributed by atoms with E-state index in [1.54, 1.807) is 0 Å². The molecular weight excluding hydrogens is 360 g/mol. The van der Waals surface area contributed by atoms with Gasteiger partial charge in [-0.05, 0) is 72.8 Å². The van der Waals surface area contributed by atoms with Gasteiger partial charge < -0.3 is 4.74 Å². The Hall–Kier alpha value is -1.90. The van der Waals surface area contributed by atoms with Crippen molar-refractivity contribution in [3.8, 4) is 0 Å². The number of rotatable bonds is 3. The highest BCUT2D eigenvalue weighted by atomic mass is 16.5. The summed E-state index contributed by atoms with van der Waals surface area (Å²) in [5, 5.41) is 0. The minimum Gasteiger partial charge on any atom is -0.485 e. The van der Waals surface area contributed by atoms with Crippen LogP contribution in [0.2, 0.25) is 0 Å². The van der Waals surface area contributed by atoms with Gasteiger partial charge in [-0.1, -0.05) is 44.2 Å². The quantitative estimate of drug-likeness (QED) is 0.669. The van der Waals surface area contributed by atoms with Crippen molar-refractivity contribution in [2.24, 2.45) is 28.6 Å². The van der Waals surface area contributed by atoms with Gasteiger partial charge in [0, 0.05) is 18.3 Å². The summed E-state index contributed by atoms with van der Waals surface area (Å²) in [5.74, 6) is 3.09. The second-order valence-corrected chi connectivity index (χ2v) is 10.3. The van der Waals surface area contributed by atoms with Crippen molar-refractivity contribution in [2.45, 2.75) is 71.8 Å². The summed E-state index contributed by atoms with van der Waals surface area (Å²) in [5.41, 5.74) is 2.34. The average molecular weight is 393 g/mol. The Morgan fingerprint density at radius 3 is 2.45 bits per heavy atom. The van der Waals surface area contributed by atoms with E-state index in [0.717, 1.165) is 50.5 Å². The topological polar surface area (TPSA) is 43.4 Å². The number of allylic oxidation sites excluding steroid dienone is 1. The molecule has 1 aromatic carbocycles. The molecule has 0 aliphatic heterocycles. The third-order valence-corrected chi connectivity index (χ3v) is 9.01. The molecule has 0 amide bonds. The number of benzene rings is 1. The van der Waals surface area contributed by atoms with Gasteiger partial charge in [0.05, 0.1) is 0 Å². The third kappa shape index (κ3) is 2.84. The van der Waals surface area contributed by atoms with Crippen molar-refractivity contribution in [2.75, 3.05) is 0 Å². The lowest BCUT2D eigenvalue weighted by Gasteiger charge is -2.57. The van der Waals surface area contributed by atoms with E-state index in [4.69, 9.17) is 4.74 Å². The summed E-state index contributed by atoms with van der Waals surface area (Å²) >= 11 is 0. The van der Waals surface area contributed by atoms with Crippen LogP contribution in [0.4, 0.5) is 0 Å². The van der Waals surface area contributed by atoms with Crippen LogP contribution in [0, 0.1) is 28.6 Å². The number of carbonyl (C=O) groups excluding carboxylic acids is 2. The highest BCUT2D eigenvalue weighted by Crippen LogP contribution is 2.65. The zero-order chi connectivity index (χ0) is 20.2. The van der Waals surface area contributed by atoms with E-state index >= 15 is 0 Å². The summed E-state index contributed by atoms with van der Waals surface area (Å²) in [4.78, 5) is 25.4. The van der Waals surface area contributed by atoms with Gasteiger partial charge in [0.15, 0.2) is 11.5 Å². The lowest BCUT2D eigenvalue weighted by molar-refractivity contribution is -0.133. The Balaban J connectivity index is 1.45. The van der Waals surface area contributed by atoms with Crippen LogP contribution in [0.25, 0.3) is 0 Å². The van der Waals surface area contributed by atoms with Crippen molar-refractivity contribution in [3.63, 3.8) is 0 Å². The molecule has 0 spiro atoms. The molecule has 5 atom stereocenters. The Labute approximate surface area is 173 Å². The maximum absolute atomic E-state index is 12.8. The molecule has 154 valence electrons. The van der Waals surface area contributed by atoms with E-state index in [1.165, 1.54) is 5.57 Å². The van der Waals surface area contributed by atoms with Gasteiger partial charge in [0.2, 0.25) is 0 Å². The van der Waals surface area contributed by atoms with Gasteiger partial charge in [0.1, 0.15) is 12.4 Å². The molecule has 0 heterocycles. The van der Waals surface area contributed by atoms with Gasteiger partial charge in [0.25, 0.3) is 0 Å². The van der Waals surface area contributed by atoms with Crippen LogP contribution >= 0.6 is 0 Å².